The van der Waals surface area contributed by atoms with Gasteiger partial charge in [0.25, 0.3) is 0 Å². The van der Waals surface area contributed by atoms with Crippen molar-refractivity contribution in [2.75, 3.05) is 146 Å². The zero-order valence-corrected chi connectivity index (χ0v) is 28.4. The highest BCUT2D eigenvalue weighted by Crippen LogP contribution is 2.10. The number of hydrogen-bond donors (Lipinski definition) is 0. The third-order valence-corrected chi connectivity index (χ3v) is 6.42. The van der Waals surface area contributed by atoms with Gasteiger partial charge in [0.15, 0.2) is 0 Å². The summed E-state index contributed by atoms with van der Waals surface area (Å²) in [6.07, 6.45) is 13.4. The van der Waals surface area contributed by atoms with Crippen LogP contribution in [0.3, 0.4) is 0 Å². The summed E-state index contributed by atoms with van der Waals surface area (Å²) in [7, 11) is 1.65. The molecule has 0 rings (SSSR count). The zero-order valence-electron chi connectivity index (χ0n) is 28.4. The largest absolute Gasteiger partial charge is 0.382 e. The monoisotopic (exact) mass is 640 g/mol. The molecule has 44 heavy (non-hydrogen) atoms. The second-order valence-electron chi connectivity index (χ2n) is 10.3. The summed E-state index contributed by atoms with van der Waals surface area (Å²) in [5.41, 5.74) is 0. The summed E-state index contributed by atoms with van der Waals surface area (Å²) < 4.78 is 59.7. The molecule has 0 fully saturated rings. The first kappa shape index (κ1) is 43.6. The molecule has 0 saturated carbocycles. The summed E-state index contributed by atoms with van der Waals surface area (Å²) in [6, 6.07) is 0. The molecule has 0 unspecified atom stereocenters. The van der Waals surface area contributed by atoms with Gasteiger partial charge in [-0.25, -0.2) is 0 Å². The lowest BCUT2D eigenvalue weighted by Crippen LogP contribution is -2.15. The molecule has 0 aromatic carbocycles. The molecular weight excluding hydrogens is 572 g/mol. The van der Waals surface area contributed by atoms with Crippen LogP contribution in [0.15, 0.2) is 0 Å². The van der Waals surface area contributed by atoms with Crippen LogP contribution in [0.2, 0.25) is 0 Å². The minimum Gasteiger partial charge on any atom is -0.382 e. The molecule has 0 spiro atoms. The minimum absolute atomic E-state index is 0.527. The highest BCUT2D eigenvalue weighted by Gasteiger charge is 1.97. The molecule has 0 heterocycles. The van der Waals surface area contributed by atoms with E-state index in [0.717, 1.165) is 13.0 Å². The van der Waals surface area contributed by atoms with E-state index in [1.165, 1.54) is 57.8 Å². The summed E-state index contributed by atoms with van der Waals surface area (Å²) in [4.78, 5) is 0. The van der Waals surface area contributed by atoms with Gasteiger partial charge in [0.1, 0.15) is 0 Å². The molecule has 0 atom stereocenters. The van der Waals surface area contributed by atoms with Gasteiger partial charge in [-0.3, -0.25) is 0 Å². The number of unbranched alkanes of at least 4 members (excludes halogenated alkanes) is 9. The molecule has 11 nitrogen and oxygen atoms in total. The van der Waals surface area contributed by atoms with E-state index in [1.54, 1.807) is 7.11 Å². The fourth-order valence-electron chi connectivity index (χ4n) is 3.92. The van der Waals surface area contributed by atoms with Gasteiger partial charge in [-0.15, -0.1) is 0 Å². The van der Waals surface area contributed by atoms with Gasteiger partial charge >= 0.3 is 0 Å². The van der Waals surface area contributed by atoms with Crippen LogP contribution in [0.5, 0.6) is 0 Å². The van der Waals surface area contributed by atoms with Gasteiger partial charge in [0, 0.05) is 13.7 Å². The molecule has 0 N–H and O–H groups in total. The molecular formula is C33H68O11. The maximum absolute atomic E-state index is 5.64. The molecule has 266 valence electrons. The van der Waals surface area contributed by atoms with Crippen molar-refractivity contribution in [1.29, 1.82) is 0 Å². The highest BCUT2D eigenvalue weighted by molar-refractivity contribution is 4.47. The Morgan fingerprint density at radius 2 is 0.432 bits per heavy atom. The number of hydrogen-bond acceptors (Lipinski definition) is 11. The van der Waals surface area contributed by atoms with E-state index >= 15 is 0 Å². The number of ether oxygens (including phenoxy) is 11. The minimum atomic E-state index is 0.527. The van der Waals surface area contributed by atoms with E-state index in [-0.39, 0.29) is 0 Å². The van der Waals surface area contributed by atoms with Crippen molar-refractivity contribution in [3.8, 4) is 0 Å². The predicted octanol–water partition coefficient (Wildman–Crippen LogP) is 4.72. The van der Waals surface area contributed by atoms with Crippen molar-refractivity contribution in [3.05, 3.63) is 0 Å². The van der Waals surface area contributed by atoms with Crippen molar-refractivity contribution < 1.29 is 52.1 Å². The predicted molar refractivity (Wildman–Crippen MR) is 172 cm³/mol. The summed E-state index contributed by atoms with van der Waals surface area (Å²) in [5, 5.41) is 0. The molecule has 11 heteroatoms. The Kier molecular flexibility index (Phi) is 42.1. The van der Waals surface area contributed by atoms with Gasteiger partial charge in [-0.05, 0) is 6.42 Å². The van der Waals surface area contributed by atoms with Crippen LogP contribution < -0.4 is 0 Å². The topological polar surface area (TPSA) is 102 Å². The van der Waals surface area contributed by atoms with E-state index in [9.17, 15) is 0 Å². The molecule has 0 saturated heterocycles. The lowest BCUT2D eigenvalue weighted by atomic mass is 10.1. The van der Waals surface area contributed by atoms with Gasteiger partial charge in [-0.2, -0.15) is 0 Å². The van der Waals surface area contributed by atoms with Crippen LogP contribution >= 0.6 is 0 Å². The number of methoxy groups -OCH3 is 1. The van der Waals surface area contributed by atoms with Crippen LogP contribution in [0.1, 0.15) is 71.1 Å². The van der Waals surface area contributed by atoms with E-state index in [2.05, 4.69) is 6.92 Å². The SMILES string of the molecule is CCCCCCCCCCCCOCCOCCOCCOCCOCCOCCOCCOCCOCCOCCOC. The third kappa shape index (κ3) is 41.6. The van der Waals surface area contributed by atoms with Crippen molar-refractivity contribution in [2.45, 2.75) is 71.1 Å². The summed E-state index contributed by atoms with van der Waals surface area (Å²) >= 11 is 0. The van der Waals surface area contributed by atoms with Gasteiger partial charge in [-0.1, -0.05) is 64.7 Å². The quantitative estimate of drug-likeness (QED) is 0.0868. The summed E-state index contributed by atoms with van der Waals surface area (Å²) in [6.45, 7) is 14.2. The van der Waals surface area contributed by atoms with Crippen LogP contribution in [-0.4, -0.2) is 146 Å². The zero-order chi connectivity index (χ0) is 31.7. The Balaban J connectivity index is 3.03. The second-order valence-corrected chi connectivity index (χ2v) is 10.3. The molecule has 0 aliphatic rings. The number of rotatable bonds is 41. The van der Waals surface area contributed by atoms with Crippen LogP contribution in [0, 0.1) is 0 Å². The first-order chi connectivity index (χ1) is 21.9. The molecule has 0 bridgehead atoms. The Hall–Kier alpha value is -0.440. The van der Waals surface area contributed by atoms with E-state index in [1.807, 2.05) is 0 Å². The normalized spacial score (nSPS) is 11.6. The Labute approximate surface area is 269 Å². The lowest BCUT2D eigenvalue weighted by molar-refractivity contribution is -0.0271. The molecule has 0 aliphatic carbocycles. The Morgan fingerprint density at radius 1 is 0.227 bits per heavy atom. The van der Waals surface area contributed by atoms with E-state index in [4.69, 9.17) is 52.1 Å². The summed E-state index contributed by atoms with van der Waals surface area (Å²) in [5.74, 6) is 0. The smallest absolute Gasteiger partial charge is 0.0701 e. The second kappa shape index (κ2) is 42.6. The van der Waals surface area contributed by atoms with Crippen molar-refractivity contribution in [3.63, 3.8) is 0 Å². The maximum atomic E-state index is 5.64. The highest BCUT2D eigenvalue weighted by atomic mass is 16.6. The fourth-order valence-corrected chi connectivity index (χ4v) is 3.92. The third-order valence-electron chi connectivity index (χ3n) is 6.42. The van der Waals surface area contributed by atoms with Crippen LogP contribution in [0.4, 0.5) is 0 Å². The standard InChI is InChI=1S/C33H68O11/c1-3-4-5-6-7-8-9-10-11-12-13-35-16-17-37-20-21-39-24-25-41-28-29-43-32-33-44-31-30-42-27-26-40-23-22-38-19-18-36-15-14-34-2/h3-33H2,1-2H3. The van der Waals surface area contributed by atoms with Gasteiger partial charge in [0.05, 0.1) is 132 Å². The Bertz CT molecular complexity index is 447. The van der Waals surface area contributed by atoms with Gasteiger partial charge < -0.3 is 52.1 Å². The molecule has 0 aromatic heterocycles. The van der Waals surface area contributed by atoms with Crippen molar-refractivity contribution in [2.24, 2.45) is 0 Å². The molecule has 0 amide bonds. The van der Waals surface area contributed by atoms with Crippen molar-refractivity contribution >= 4 is 0 Å². The fraction of sp³-hybridized carbons (Fsp3) is 1.00. The van der Waals surface area contributed by atoms with Crippen LogP contribution in [0.25, 0.3) is 0 Å². The van der Waals surface area contributed by atoms with Crippen LogP contribution in [-0.2, 0) is 52.1 Å². The molecule has 0 radical (unpaired) electrons. The van der Waals surface area contributed by atoms with Gasteiger partial charge in [0.2, 0.25) is 0 Å². The first-order valence-corrected chi connectivity index (χ1v) is 17.2. The first-order valence-electron chi connectivity index (χ1n) is 17.2. The van der Waals surface area contributed by atoms with E-state index < -0.39 is 0 Å². The Morgan fingerprint density at radius 3 is 0.682 bits per heavy atom. The lowest BCUT2D eigenvalue weighted by Gasteiger charge is -2.09. The average Bonchev–Trinajstić information content (AvgIpc) is 3.04. The molecule has 0 aromatic rings. The maximum Gasteiger partial charge on any atom is 0.0701 e. The van der Waals surface area contributed by atoms with E-state index in [0.29, 0.717) is 132 Å². The molecule has 0 aliphatic heterocycles. The average molecular weight is 641 g/mol. The van der Waals surface area contributed by atoms with Crippen molar-refractivity contribution in [1.82, 2.24) is 0 Å².